The van der Waals surface area contributed by atoms with E-state index in [4.69, 9.17) is 5.11 Å². The van der Waals surface area contributed by atoms with Gasteiger partial charge in [0.1, 0.15) is 0 Å². The van der Waals surface area contributed by atoms with Gasteiger partial charge in [-0.05, 0) is 44.9 Å². The zero-order valence-electron chi connectivity index (χ0n) is 13.7. The van der Waals surface area contributed by atoms with Crippen LogP contribution in [0.5, 0.6) is 0 Å². The number of benzene rings is 1. The smallest absolute Gasteiger partial charge is 0.306 e. The van der Waals surface area contributed by atoms with E-state index < -0.39 is 21.9 Å². The first-order chi connectivity index (χ1) is 11.3. The maximum atomic E-state index is 12.8. The van der Waals surface area contributed by atoms with E-state index in [0.717, 1.165) is 10.9 Å². The molecule has 2 heterocycles. The number of carboxylic acid groups (broad SMARTS) is 1. The monoisotopic (exact) mass is 351 g/mol. The summed E-state index contributed by atoms with van der Waals surface area (Å²) in [7, 11) is -3.61. The molecule has 1 aliphatic heterocycles. The lowest BCUT2D eigenvalue weighted by molar-refractivity contribution is -0.142. The fourth-order valence-electron chi connectivity index (χ4n) is 3.10. The molecule has 0 radical (unpaired) electrons. The number of fused-ring (bicyclic) bond motifs is 1. The van der Waals surface area contributed by atoms with Crippen LogP contribution in [0.15, 0.2) is 29.3 Å². The van der Waals surface area contributed by atoms with Crippen molar-refractivity contribution in [2.75, 3.05) is 13.1 Å². The Labute approximate surface area is 140 Å². The number of hydrogen-bond donors (Lipinski definition) is 1. The van der Waals surface area contributed by atoms with Crippen LogP contribution in [0.1, 0.15) is 32.7 Å². The zero-order chi connectivity index (χ0) is 17.5. The Morgan fingerprint density at radius 3 is 2.54 bits per heavy atom. The van der Waals surface area contributed by atoms with Gasteiger partial charge in [0.25, 0.3) is 0 Å². The van der Waals surface area contributed by atoms with Gasteiger partial charge in [-0.2, -0.15) is 9.40 Å². The van der Waals surface area contributed by atoms with Gasteiger partial charge in [-0.25, -0.2) is 8.42 Å². The van der Waals surface area contributed by atoms with Crippen molar-refractivity contribution in [3.63, 3.8) is 0 Å². The maximum Gasteiger partial charge on any atom is 0.306 e. The molecule has 1 aromatic heterocycles. The molecule has 0 saturated carbocycles. The number of piperidine rings is 1. The average Bonchev–Trinajstić information content (AvgIpc) is 2.98. The Morgan fingerprint density at radius 1 is 1.29 bits per heavy atom. The number of aliphatic carboxylic acids is 1. The molecule has 0 spiro atoms. The minimum absolute atomic E-state index is 0.194. The molecule has 0 atom stereocenters. The van der Waals surface area contributed by atoms with Crippen LogP contribution in [-0.4, -0.2) is 46.7 Å². The van der Waals surface area contributed by atoms with Crippen molar-refractivity contribution >= 4 is 26.9 Å². The molecule has 0 amide bonds. The van der Waals surface area contributed by atoms with E-state index >= 15 is 0 Å². The molecule has 8 heteroatoms. The molecule has 1 fully saturated rings. The van der Waals surface area contributed by atoms with E-state index in [-0.39, 0.29) is 24.0 Å². The van der Waals surface area contributed by atoms with Crippen molar-refractivity contribution < 1.29 is 18.3 Å². The van der Waals surface area contributed by atoms with Crippen LogP contribution in [-0.2, 0) is 14.8 Å². The molecule has 3 rings (SSSR count). The number of rotatable bonds is 4. The van der Waals surface area contributed by atoms with Gasteiger partial charge in [0.2, 0.25) is 10.0 Å². The normalized spacial score (nSPS) is 17.6. The van der Waals surface area contributed by atoms with Gasteiger partial charge in [-0.3, -0.25) is 9.48 Å². The summed E-state index contributed by atoms with van der Waals surface area (Å²) in [6.07, 6.45) is 2.37. The fourth-order valence-corrected chi connectivity index (χ4v) is 4.60. The first-order valence-electron chi connectivity index (χ1n) is 8.01. The Bertz CT molecular complexity index is 865. The Morgan fingerprint density at radius 2 is 1.96 bits per heavy atom. The van der Waals surface area contributed by atoms with Crippen molar-refractivity contribution in [2.45, 2.75) is 37.6 Å². The first-order valence-corrected chi connectivity index (χ1v) is 9.45. The molecule has 0 bridgehead atoms. The second-order valence-corrected chi connectivity index (χ2v) is 8.36. The molecular formula is C16H21N3O4S. The summed E-state index contributed by atoms with van der Waals surface area (Å²) in [5.41, 5.74) is 0.897. The van der Waals surface area contributed by atoms with Gasteiger partial charge < -0.3 is 5.11 Å². The van der Waals surface area contributed by atoms with Crippen LogP contribution in [0.2, 0.25) is 0 Å². The van der Waals surface area contributed by atoms with Gasteiger partial charge in [0.05, 0.1) is 22.5 Å². The topological polar surface area (TPSA) is 92.5 Å². The summed E-state index contributed by atoms with van der Waals surface area (Å²) < 4.78 is 28.8. The molecular weight excluding hydrogens is 330 g/mol. The quantitative estimate of drug-likeness (QED) is 0.910. The number of carboxylic acids is 1. The van der Waals surface area contributed by atoms with Crippen molar-refractivity contribution in [3.8, 4) is 0 Å². The van der Waals surface area contributed by atoms with Crippen molar-refractivity contribution in [2.24, 2.45) is 5.92 Å². The molecule has 24 heavy (non-hydrogen) atoms. The standard InChI is InChI=1S/C16H21N3O4S/c1-11(2)19-15-4-3-14(9-13(15)10-17-19)24(22,23)18-7-5-12(6-8-18)16(20)21/h3-4,9-12H,5-8H2,1-2H3,(H,20,21). The third-order valence-corrected chi connectivity index (χ3v) is 6.39. The van der Waals surface area contributed by atoms with Crippen LogP contribution < -0.4 is 0 Å². The van der Waals surface area contributed by atoms with Gasteiger partial charge in [0, 0.05) is 24.5 Å². The third kappa shape index (κ3) is 2.91. The highest BCUT2D eigenvalue weighted by atomic mass is 32.2. The van der Waals surface area contributed by atoms with Crippen molar-refractivity contribution in [1.29, 1.82) is 0 Å². The van der Waals surface area contributed by atoms with Crippen LogP contribution >= 0.6 is 0 Å². The highest BCUT2D eigenvalue weighted by Gasteiger charge is 2.32. The summed E-state index contributed by atoms with van der Waals surface area (Å²) in [4.78, 5) is 11.2. The van der Waals surface area contributed by atoms with Crippen LogP contribution in [0, 0.1) is 5.92 Å². The van der Waals surface area contributed by atoms with E-state index in [9.17, 15) is 13.2 Å². The molecule has 7 nitrogen and oxygen atoms in total. The third-order valence-electron chi connectivity index (χ3n) is 4.50. The Hall–Kier alpha value is -1.93. The Kier molecular flexibility index (Phi) is 4.35. The van der Waals surface area contributed by atoms with E-state index in [1.807, 2.05) is 18.5 Å². The van der Waals surface area contributed by atoms with Crippen LogP contribution in [0.25, 0.3) is 10.9 Å². The molecule has 1 aromatic carbocycles. The minimum atomic E-state index is -3.61. The highest BCUT2D eigenvalue weighted by Crippen LogP contribution is 2.27. The molecule has 0 unspecified atom stereocenters. The number of nitrogens with zero attached hydrogens (tertiary/aromatic N) is 3. The summed E-state index contributed by atoms with van der Waals surface area (Å²) in [5, 5.41) is 14.1. The minimum Gasteiger partial charge on any atom is -0.481 e. The lowest BCUT2D eigenvalue weighted by atomic mass is 9.99. The predicted molar refractivity (Wildman–Crippen MR) is 89.2 cm³/mol. The average molecular weight is 351 g/mol. The van der Waals surface area contributed by atoms with E-state index in [0.29, 0.717) is 12.8 Å². The molecule has 2 aromatic rings. The second-order valence-electron chi connectivity index (χ2n) is 6.42. The van der Waals surface area contributed by atoms with Gasteiger partial charge in [-0.1, -0.05) is 0 Å². The highest BCUT2D eigenvalue weighted by molar-refractivity contribution is 7.89. The molecule has 1 aliphatic rings. The number of aromatic nitrogens is 2. The van der Waals surface area contributed by atoms with Crippen LogP contribution in [0.4, 0.5) is 0 Å². The fraction of sp³-hybridized carbons (Fsp3) is 0.500. The first kappa shape index (κ1) is 16.9. The molecule has 1 saturated heterocycles. The number of carbonyl (C=O) groups is 1. The largest absolute Gasteiger partial charge is 0.481 e. The van der Waals surface area contributed by atoms with Gasteiger partial charge >= 0.3 is 5.97 Å². The van der Waals surface area contributed by atoms with Crippen molar-refractivity contribution in [1.82, 2.24) is 14.1 Å². The SMILES string of the molecule is CC(C)n1ncc2cc(S(=O)(=O)N3CCC(C(=O)O)CC3)ccc21. The number of hydrogen-bond acceptors (Lipinski definition) is 4. The predicted octanol–water partition coefficient (Wildman–Crippen LogP) is 2.10. The number of sulfonamides is 1. The van der Waals surface area contributed by atoms with Gasteiger partial charge in [-0.15, -0.1) is 0 Å². The van der Waals surface area contributed by atoms with E-state index in [1.54, 1.807) is 24.4 Å². The van der Waals surface area contributed by atoms with E-state index in [1.165, 1.54) is 4.31 Å². The maximum absolute atomic E-state index is 12.8. The summed E-state index contributed by atoms with van der Waals surface area (Å²) in [5.74, 6) is -1.31. The summed E-state index contributed by atoms with van der Waals surface area (Å²) >= 11 is 0. The Balaban J connectivity index is 1.88. The second kappa shape index (κ2) is 6.18. The van der Waals surface area contributed by atoms with Gasteiger partial charge in [0.15, 0.2) is 0 Å². The molecule has 130 valence electrons. The molecule has 0 aliphatic carbocycles. The van der Waals surface area contributed by atoms with Crippen LogP contribution in [0.3, 0.4) is 0 Å². The summed E-state index contributed by atoms with van der Waals surface area (Å²) in [6, 6.07) is 5.21. The lowest BCUT2D eigenvalue weighted by Crippen LogP contribution is -2.40. The molecule has 1 N–H and O–H groups in total. The van der Waals surface area contributed by atoms with E-state index in [2.05, 4.69) is 5.10 Å². The summed E-state index contributed by atoms with van der Waals surface area (Å²) in [6.45, 7) is 4.51. The lowest BCUT2D eigenvalue weighted by Gasteiger charge is -2.29. The zero-order valence-corrected chi connectivity index (χ0v) is 14.5. The van der Waals surface area contributed by atoms with Crippen molar-refractivity contribution in [3.05, 3.63) is 24.4 Å².